The molecule has 0 bridgehead atoms. The van der Waals surface area contributed by atoms with E-state index >= 15 is 0 Å². The molecule has 2 rings (SSSR count). The second-order valence-corrected chi connectivity index (χ2v) is 4.99. The van der Waals surface area contributed by atoms with Crippen molar-refractivity contribution in [3.63, 3.8) is 0 Å². The van der Waals surface area contributed by atoms with Crippen LogP contribution in [-0.2, 0) is 4.79 Å². The van der Waals surface area contributed by atoms with Crippen molar-refractivity contribution < 1.29 is 13.9 Å². The minimum atomic E-state index is -0.292. The lowest BCUT2D eigenvalue weighted by Crippen LogP contribution is -2.16. The summed E-state index contributed by atoms with van der Waals surface area (Å²) in [6.07, 6.45) is 0.279. The average molecular weight is 323 g/mol. The number of hydrogen-bond acceptors (Lipinski definition) is 3. The van der Waals surface area contributed by atoms with E-state index < -0.39 is 0 Å². The minimum Gasteiger partial charge on any atom is -0.495 e. The van der Waals surface area contributed by atoms with Gasteiger partial charge in [0.1, 0.15) is 11.6 Å². The molecule has 2 aromatic carbocycles. The number of nitrogens with one attached hydrogen (secondary N) is 2. The predicted octanol–water partition coefficient (Wildman–Crippen LogP) is 3.93. The van der Waals surface area contributed by atoms with Crippen LogP contribution >= 0.6 is 11.6 Å². The Labute approximate surface area is 133 Å². The average Bonchev–Trinajstić information content (AvgIpc) is 2.49. The molecule has 1 amide bonds. The molecule has 0 fully saturated rings. The van der Waals surface area contributed by atoms with E-state index in [2.05, 4.69) is 10.6 Å². The van der Waals surface area contributed by atoms with Crippen LogP contribution in [0.25, 0.3) is 0 Å². The van der Waals surface area contributed by atoms with Crippen LogP contribution in [0.4, 0.5) is 15.8 Å². The van der Waals surface area contributed by atoms with Gasteiger partial charge in [0.05, 0.1) is 12.1 Å². The zero-order chi connectivity index (χ0) is 15.9. The Bertz CT molecular complexity index is 647. The quantitative estimate of drug-likeness (QED) is 0.847. The molecule has 116 valence electrons. The molecule has 0 saturated heterocycles. The maximum absolute atomic E-state index is 12.8. The number of ether oxygens (including phenoxy) is 1. The van der Waals surface area contributed by atoms with Crippen molar-refractivity contribution >= 4 is 28.9 Å². The fraction of sp³-hybridized carbons (Fsp3) is 0.188. The molecule has 0 heterocycles. The summed E-state index contributed by atoms with van der Waals surface area (Å²) >= 11 is 5.99. The Morgan fingerprint density at radius 1 is 1.18 bits per heavy atom. The third-order valence-corrected chi connectivity index (χ3v) is 3.26. The van der Waals surface area contributed by atoms with E-state index in [1.807, 2.05) is 0 Å². The van der Waals surface area contributed by atoms with Gasteiger partial charge < -0.3 is 15.4 Å². The van der Waals surface area contributed by atoms with Crippen LogP contribution < -0.4 is 15.4 Å². The van der Waals surface area contributed by atoms with E-state index in [4.69, 9.17) is 16.3 Å². The van der Waals surface area contributed by atoms with Gasteiger partial charge >= 0.3 is 0 Å². The van der Waals surface area contributed by atoms with Crippen LogP contribution in [0.15, 0.2) is 42.5 Å². The van der Waals surface area contributed by atoms with Crippen LogP contribution in [0.3, 0.4) is 0 Å². The summed E-state index contributed by atoms with van der Waals surface area (Å²) in [5.74, 6) is 0.119. The number of carbonyl (C=O) groups excluding carboxylic acids is 1. The normalized spacial score (nSPS) is 10.1. The Balaban J connectivity index is 1.80. The number of halogens is 2. The molecule has 22 heavy (non-hydrogen) atoms. The summed E-state index contributed by atoms with van der Waals surface area (Å²) in [5, 5.41) is 6.23. The monoisotopic (exact) mass is 322 g/mol. The second-order valence-electron chi connectivity index (χ2n) is 4.58. The molecule has 0 aliphatic rings. The van der Waals surface area contributed by atoms with E-state index in [1.165, 1.54) is 19.2 Å². The molecule has 2 N–H and O–H groups in total. The highest BCUT2D eigenvalue weighted by Gasteiger charge is 2.05. The number of carbonyl (C=O) groups is 1. The summed E-state index contributed by atoms with van der Waals surface area (Å²) in [4.78, 5) is 11.8. The molecule has 0 radical (unpaired) electrons. The van der Waals surface area contributed by atoms with Gasteiger partial charge in [0.2, 0.25) is 5.91 Å². The van der Waals surface area contributed by atoms with Gasteiger partial charge in [-0.3, -0.25) is 4.79 Å². The SMILES string of the molecule is COc1ccc(NC(=O)CCNc2ccc(F)cc2)cc1Cl. The predicted molar refractivity (Wildman–Crippen MR) is 86.1 cm³/mol. The van der Waals surface area contributed by atoms with E-state index in [-0.39, 0.29) is 18.1 Å². The first-order chi connectivity index (χ1) is 10.6. The minimum absolute atomic E-state index is 0.143. The largest absolute Gasteiger partial charge is 0.495 e. The topological polar surface area (TPSA) is 50.4 Å². The number of benzene rings is 2. The molecule has 0 aliphatic heterocycles. The lowest BCUT2D eigenvalue weighted by Gasteiger charge is -2.09. The van der Waals surface area contributed by atoms with Crippen molar-refractivity contribution in [2.24, 2.45) is 0 Å². The second kappa shape index (κ2) is 7.66. The van der Waals surface area contributed by atoms with Crippen LogP contribution in [0.5, 0.6) is 5.75 Å². The first-order valence-electron chi connectivity index (χ1n) is 6.71. The van der Waals surface area contributed by atoms with Crippen LogP contribution in [0, 0.1) is 5.82 Å². The molecule has 0 unspecified atom stereocenters. The molecule has 0 aliphatic carbocycles. The number of hydrogen-bond donors (Lipinski definition) is 2. The molecular formula is C16H16ClFN2O2. The van der Waals surface area contributed by atoms with E-state index in [9.17, 15) is 9.18 Å². The van der Waals surface area contributed by atoms with Crippen molar-refractivity contribution in [2.75, 3.05) is 24.3 Å². The van der Waals surface area contributed by atoms with E-state index in [0.717, 1.165) is 5.69 Å². The van der Waals surface area contributed by atoms with Gasteiger partial charge in [-0.05, 0) is 42.5 Å². The zero-order valence-corrected chi connectivity index (χ0v) is 12.8. The van der Waals surface area contributed by atoms with Crippen molar-refractivity contribution in [2.45, 2.75) is 6.42 Å². The molecule has 0 spiro atoms. The van der Waals surface area contributed by atoms with Gasteiger partial charge in [-0.15, -0.1) is 0 Å². The smallest absolute Gasteiger partial charge is 0.226 e. The van der Waals surface area contributed by atoms with Crippen molar-refractivity contribution in [3.05, 3.63) is 53.3 Å². The summed E-state index contributed by atoms with van der Waals surface area (Å²) in [6.45, 7) is 0.446. The van der Waals surface area contributed by atoms with Crippen molar-refractivity contribution in [1.82, 2.24) is 0 Å². The molecule has 0 aromatic heterocycles. The van der Waals surface area contributed by atoms with Gasteiger partial charge in [0, 0.05) is 24.3 Å². The third-order valence-electron chi connectivity index (χ3n) is 2.96. The van der Waals surface area contributed by atoms with Gasteiger partial charge in [-0.2, -0.15) is 0 Å². The van der Waals surface area contributed by atoms with E-state index in [1.54, 1.807) is 30.3 Å². The Morgan fingerprint density at radius 2 is 1.86 bits per heavy atom. The van der Waals surface area contributed by atoms with Crippen molar-refractivity contribution in [3.8, 4) is 5.75 Å². The maximum atomic E-state index is 12.8. The lowest BCUT2D eigenvalue weighted by molar-refractivity contribution is -0.115. The maximum Gasteiger partial charge on any atom is 0.226 e. The number of methoxy groups -OCH3 is 1. The van der Waals surface area contributed by atoms with Gasteiger partial charge in [0.15, 0.2) is 0 Å². The molecule has 0 atom stereocenters. The molecule has 2 aromatic rings. The standard InChI is InChI=1S/C16H16ClFN2O2/c1-22-15-7-6-13(10-14(15)17)20-16(21)8-9-19-12-4-2-11(18)3-5-12/h2-7,10,19H,8-9H2,1H3,(H,20,21). The zero-order valence-electron chi connectivity index (χ0n) is 12.0. The highest BCUT2D eigenvalue weighted by molar-refractivity contribution is 6.32. The Hall–Kier alpha value is -2.27. The number of anilines is 2. The van der Waals surface area contributed by atoms with Crippen molar-refractivity contribution in [1.29, 1.82) is 0 Å². The van der Waals surface area contributed by atoms with E-state index in [0.29, 0.717) is 23.0 Å². The molecule has 6 heteroatoms. The molecular weight excluding hydrogens is 307 g/mol. The summed E-state index contributed by atoms with van der Waals surface area (Å²) in [5.41, 5.74) is 1.37. The lowest BCUT2D eigenvalue weighted by atomic mass is 10.2. The summed E-state index contributed by atoms with van der Waals surface area (Å²) in [7, 11) is 1.53. The number of rotatable bonds is 6. The van der Waals surface area contributed by atoms with Gasteiger partial charge in [-0.25, -0.2) is 4.39 Å². The van der Waals surface area contributed by atoms with Crippen LogP contribution in [0.2, 0.25) is 5.02 Å². The third kappa shape index (κ3) is 4.63. The highest BCUT2D eigenvalue weighted by atomic mass is 35.5. The number of amides is 1. The molecule has 0 saturated carbocycles. The van der Waals surface area contributed by atoms with Gasteiger partial charge in [0.25, 0.3) is 0 Å². The van der Waals surface area contributed by atoms with Crippen LogP contribution in [0.1, 0.15) is 6.42 Å². The highest BCUT2D eigenvalue weighted by Crippen LogP contribution is 2.27. The fourth-order valence-corrected chi connectivity index (χ4v) is 2.11. The first-order valence-corrected chi connectivity index (χ1v) is 7.09. The Morgan fingerprint density at radius 3 is 2.50 bits per heavy atom. The Kier molecular flexibility index (Phi) is 5.61. The molecule has 4 nitrogen and oxygen atoms in total. The fourth-order valence-electron chi connectivity index (χ4n) is 1.86. The first kappa shape index (κ1) is 16.1. The van der Waals surface area contributed by atoms with Crippen LogP contribution in [-0.4, -0.2) is 19.6 Å². The van der Waals surface area contributed by atoms with Gasteiger partial charge in [-0.1, -0.05) is 11.6 Å². The summed E-state index contributed by atoms with van der Waals surface area (Å²) in [6, 6.07) is 11.0. The summed E-state index contributed by atoms with van der Waals surface area (Å²) < 4.78 is 17.8.